The Labute approximate surface area is 96.4 Å². The van der Waals surface area contributed by atoms with Crippen molar-refractivity contribution in [1.29, 1.82) is 0 Å². The van der Waals surface area contributed by atoms with Gasteiger partial charge >= 0.3 is 0 Å². The third-order valence-corrected chi connectivity index (χ3v) is 2.78. The summed E-state index contributed by atoms with van der Waals surface area (Å²) in [5.41, 5.74) is -0.632. The van der Waals surface area contributed by atoms with E-state index >= 15 is 0 Å². The Morgan fingerprint density at radius 2 is 2.25 bits per heavy atom. The second-order valence-electron chi connectivity index (χ2n) is 4.61. The van der Waals surface area contributed by atoms with Crippen LogP contribution >= 0.6 is 0 Å². The van der Waals surface area contributed by atoms with Gasteiger partial charge in [0.25, 0.3) is 0 Å². The number of nitrogens with one attached hydrogen (secondary N) is 3. The number of carbonyl (C=O) groups is 2. The summed E-state index contributed by atoms with van der Waals surface area (Å²) in [7, 11) is 0. The molecule has 1 heterocycles. The van der Waals surface area contributed by atoms with Crippen LogP contribution in [0.2, 0.25) is 0 Å². The standard InChI is InChI=1S/C11H21N3O2/c1-4-13-11(2,3)10(16)14-8-6-5-7-12-9(8)15/h8,13H,4-7H2,1-3H3,(H,12,15)(H,14,16). The van der Waals surface area contributed by atoms with Crippen LogP contribution in [-0.2, 0) is 9.59 Å². The molecule has 1 saturated heterocycles. The highest BCUT2D eigenvalue weighted by atomic mass is 16.2. The zero-order valence-corrected chi connectivity index (χ0v) is 10.2. The first kappa shape index (κ1) is 13.0. The lowest BCUT2D eigenvalue weighted by Gasteiger charge is -2.29. The lowest BCUT2D eigenvalue weighted by molar-refractivity contribution is -0.132. The number of hydrogen-bond donors (Lipinski definition) is 3. The first-order valence-corrected chi connectivity index (χ1v) is 5.81. The van der Waals surface area contributed by atoms with Crippen molar-refractivity contribution in [3.05, 3.63) is 0 Å². The van der Waals surface area contributed by atoms with Crippen LogP contribution in [-0.4, -0.2) is 36.5 Å². The molecule has 5 heteroatoms. The molecule has 1 rings (SSSR count). The van der Waals surface area contributed by atoms with Gasteiger partial charge in [-0.15, -0.1) is 0 Å². The minimum Gasteiger partial charge on any atom is -0.354 e. The van der Waals surface area contributed by atoms with Crippen LogP contribution in [0.5, 0.6) is 0 Å². The molecule has 0 aliphatic carbocycles. The van der Waals surface area contributed by atoms with Gasteiger partial charge in [0.1, 0.15) is 6.04 Å². The first-order chi connectivity index (χ1) is 7.47. The highest BCUT2D eigenvalue weighted by Gasteiger charge is 2.31. The number of likely N-dealkylation sites (N-methyl/N-ethyl adjacent to an activating group) is 1. The highest BCUT2D eigenvalue weighted by Crippen LogP contribution is 2.07. The molecule has 0 spiro atoms. The number of piperidine rings is 1. The largest absolute Gasteiger partial charge is 0.354 e. The van der Waals surface area contributed by atoms with Gasteiger partial charge in [0.2, 0.25) is 11.8 Å². The van der Waals surface area contributed by atoms with Crippen LogP contribution in [0.25, 0.3) is 0 Å². The molecule has 0 aromatic heterocycles. The average molecular weight is 227 g/mol. The van der Waals surface area contributed by atoms with Gasteiger partial charge in [-0.3, -0.25) is 9.59 Å². The van der Waals surface area contributed by atoms with Crippen LogP contribution in [0.15, 0.2) is 0 Å². The Hall–Kier alpha value is -1.10. The van der Waals surface area contributed by atoms with Crippen molar-refractivity contribution in [1.82, 2.24) is 16.0 Å². The fraction of sp³-hybridized carbons (Fsp3) is 0.818. The van der Waals surface area contributed by atoms with E-state index in [9.17, 15) is 9.59 Å². The topological polar surface area (TPSA) is 70.2 Å². The fourth-order valence-corrected chi connectivity index (χ4v) is 1.77. The van der Waals surface area contributed by atoms with Gasteiger partial charge in [-0.25, -0.2) is 0 Å². The molecule has 1 unspecified atom stereocenters. The van der Waals surface area contributed by atoms with Gasteiger partial charge in [-0.1, -0.05) is 6.92 Å². The fourth-order valence-electron chi connectivity index (χ4n) is 1.77. The third kappa shape index (κ3) is 3.20. The Balaban J connectivity index is 2.52. The smallest absolute Gasteiger partial charge is 0.242 e. The SMILES string of the molecule is CCNC(C)(C)C(=O)NC1CCCNC1=O. The summed E-state index contributed by atoms with van der Waals surface area (Å²) in [5, 5.41) is 8.61. The van der Waals surface area contributed by atoms with Crippen LogP contribution in [0, 0.1) is 0 Å². The number of hydrogen-bond acceptors (Lipinski definition) is 3. The quantitative estimate of drug-likeness (QED) is 0.621. The zero-order valence-electron chi connectivity index (χ0n) is 10.2. The number of amides is 2. The summed E-state index contributed by atoms with van der Waals surface area (Å²) in [6.07, 6.45) is 1.64. The highest BCUT2D eigenvalue weighted by molar-refractivity contribution is 5.91. The predicted octanol–water partition coefficient (Wildman–Crippen LogP) is -0.231. The normalized spacial score (nSPS) is 21.4. The molecule has 2 amide bonds. The van der Waals surface area contributed by atoms with Crippen molar-refractivity contribution in [2.45, 2.75) is 45.2 Å². The molecule has 3 N–H and O–H groups in total. The Bertz CT molecular complexity index is 276. The molecule has 1 aliphatic rings. The van der Waals surface area contributed by atoms with E-state index in [-0.39, 0.29) is 17.9 Å². The monoisotopic (exact) mass is 227 g/mol. The molecule has 0 aromatic carbocycles. The lowest BCUT2D eigenvalue weighted by Crippen LogP contribution is -2.58. The van der Waals surface area contributed by atoms with Gasteiger partial charge in [0.15, 0.2) is 0 Å². The van der Waals surface area contributed by atoms with Crippen LogP contribution < -0.4 is 16.0 Å². The Morgan fingerprint density at radius 1 is 1.56 bits per heavy atom. The van der Waals surface area contributed by atoms with E-state index < -0.39 is 5.54 Å². The summed E-state index contributed by atoms with van der Waals surface area (Å²) in [6.45, 7) is 7.00. The predicted molar refractivity (Wildman–Crippen MR) is 61.9 cm³/mol. The van der Waals surface area contributed by atoms with Crippen molar-refractivity contribution in [2.24, 2.45) is 0 Å². The first-order valence-electron chi connectivity index (χ1n) is 5.81. The summed E-state index contributed by atoms with van der Waals surface area (Å²) >= 11 is 0. The van der Waals surface area contributed by atoms with E-state index in [1.807, 2.05) is 20.8 Å². The number of carbonyl (C=O) groups excluding carboxylic acids is 2. The van der Waals surface area contributed by atoms with Gasteiger partial charge in [-0.2, -0.15) is 0 Å². The molecule has 0 saturated carbocycles. The van der Waals surface area contributed by atoms with Gasteiger partial charge in [-0.05, 0) is 33.2 Å². The van der Waals surface area contributed by atoms with E-state index in [1.165, 1.54) is 0 Å². The summed E-state index contributed by atoms with van der Waals surface area (Å²) in [6, 6.07) is -0.376. The lowest BCUT2D eigenvalue weighted by atomic mass is 10.0. The molecule has 1 fully saturated rings. The van der Waals surface area contributed by atoms with Crippen LogP contribution in [0.1, 0.15) is 33.6 Å². The summed E-state index contributed by atoms with van der Waals surface area (Å²) in [4.78, 5) is 23.4. The summed E-state index contributed by atoms with van der Waals surface area (Å²) < 4.78 is 0. The molecular weight excluding hydrogens is 206 g/mol. The minimum atomic E-state index is -0.632. The minimum absolute atomic E-state index is 0.0769. The Morgan fingerprint density at radius 3 is 2.81 bits per heavy atom. The maximum atomic E-state index is 11.9. The molecular formula is C11H21N3O2. The van der Waals surface area contributed by atoms with E-state index in [2.05, 4.69) is 16.0 Å². The van der Waals surface area contributed by atoms with E-state index in [4.69, 9.17) is 0 Å². The van der Waals surface area contributed by atoms with E-state index in [1.54, 1.807) is 0 Å². The molecule has 0 aromatic rings. The second-order valence-corrected chi connectivity index (χ2v) is 4.61. The van der Waals surface area contributed by atoms with Crippen molar-refractivity contribution in [2.75, 3.05) is 13.1 Å². The number of rotatable bonds is 4. The van der Waals surface area contributed by atoms with E-state index in [0.29, 0.717) is 6.54 Å². The summed E-state index contributed by atoms with van der Waals surface area (Å²) in [5.74, 6) is -0.205. The molecule has 16 heavy (non-hydrogen) atoms. The molecule has 0 bridgehead atoms. The van der Waals surface area contributed by atoms with Crippen LogP contribution in [0.3, 0.4) is 0 Å². The average Bonchev–Trinajstić information content (AvgIpc) is 2.21. The van der Waals surface area contributed by atoms with Crippen molar-refractivity contribution in [3.63, 3.8) is 0 Å². The molecule has 5 nitrogen and oxygen atoms in total. The van der Waals surface area contributed by atoms with Crippen molar-refractivity contribution >= 4 is 11.8 Å². The maximum absolute atomic E-state index is 11.9. The van der Waals surface area contributed by atoms with Gasteiger partial charge in [0, 0.05) is 6.54 Å². The molecule has 1 aliphatic heterocycles. The third-order valence-electron chi connectivity index (χ3n) is 2.78. The van der Waals surface area contributed by atoms with Gasteiger partial charge < -0.3 is 16.0 Å². The van der Waals surface area contributed by atoms with Crippen molar-refractivity contribution < 1.29 is 9.59 Å². The van der Waals surface area contributed by atoms with Gasteiger partial charge in [0.05, 0.1) is 5.54 Å². The van der Waals surface area contributed by atoms with E-state index in [0.717, 1.165) is 19.4 Å². The van der Waals surface area contributed by atoms with Crippen molar-refractivity contribution in [3.8, 4) is 0 Å². The molecule has 0 radical (unpaired) electrons. The Kier molecular flexibility index (Phi) is 4.29. The zero-order chi connectivity index (χ0) is 12.2. The van der Waals surface area contributed by atoms with Crippen LogP contribution in [0.4, 0.5) is 0 Å². The maximum Gasteiger partial charge on any atom is 0.242 e. The molecule has 92 valence electrons. The molecule has 1 atom stereocenters. The second kappa shape index (κ2) is 5.30.